The van der Waals surface area contributed by atoms with Gasteiger partial charge in [0, 0.05) is 26.7 Å². The molecule has 0 aromatic carbocycles. The Labute approximate surface area is 88.4 Å². The lowest BCUT2D eigenvalue weighted by molar-refractivity contribution is -0.153. The number of carbonyl (C=O) groups is 2. The minimum Gasteiger partial charge on any atom is -0.395 e. The van der Waals surface area contributed by atoms with E-state index >= 15 is 0 Å². The van der Waals surface area contributed by atoms with E-state index in [0.717, 1.165) is 0 Å². The number of morpholine rings is 1. The van der Waals surface area contributed by atoms with Gasteiger partial charge in [0.25, 0.3) is 0 Å². The number of hydrogen-bond donors (Lipinski definition) is 1. The molecule has 0 aromatic rings. The lowest BCUT2D eigenvalue weighted by Gasteiger charge is -2.27. The second-order valence-corrected chi connectivity index (χ2v) is 3.35. The molecule has 6 nitrogen and oxygen atoms in total. The highest BCUT2D eigenvalue weighted by Crippen LogP contribution is 1.99. The molecule has 0 unspecified atom stereocenters. The third-order valence-corrected chi connectivity index (χ3v) is 2.26. The van der Waals surface area contributed by atoms with Crippen LogP contribution in [-0.2, 0) is 14.3 Å². The molecule has 1 aliphatic rings. The Morgan fingerprint density at radius 2 is 2.00 bits per heavy atom. The van der Waals surface area contributed by atoms with Crippen molar-refractivity contribution < 1.29 is 19.4 Å². The monoisotopic (exact) mass is 216 g/mol. The van der Waals surface area contributed by atoms with Crippen LogP contribution in [0, 0.1) is 0 Å². The second kappa shape index (κ2) is 5.67. The van der Waals surface area contributed by atoms with Crippen LogP contribution in [0.1, 0.15) is 0 Å². The van der Waals surface area contributed by atoms with Gasteiger partial charge in [0.2, 0.25) is 0 Å². The van der Waals surface area contributed by atoms with Crippen LogP contribution in [0.5, 0.6) is 0 Å². The van der Waals surface area contributed by atoms with Crippen molar-refractivity contribution in [2.75, 3.05) is 46.5 Å². The van der Waals surface area contributed by atoms with E-state index in [4.69, 9.17) is 9.84 Å². The predicted octanol–water partition coefficient (Wildman–Crippen LogP) is -1.70. The van der Waals surface area contributed by atoms with Gasteiger partial charge in [-0.25, -0.2) is 0 Å². The van der Waals surface area contributed by atoms with Crippen LogP contribution in [-0.4, -0.2) is 73.2 Å². The molecule has 1 fully saturated rings. The Morgan fingerprint density at radius 3 is 2.53 bits per heavy atom. The number of aliphatic hydroxyl groups is 1. The molecule has 0 bridgehead atoms. The molecule has 0 aromatic heterocycles. The highest BCUT2D eigenvalue weighted by atomic mass is 16.5. The molecule has 86 valence electrons. The summed E-state index contributed by atoms with van der Waals surface area (Å²) in [6, 6.07) is 0. The zero-order valence-electron chi connectivity index (χ0n) is 8.81. The number of carbonyl (C=O) groups excluding carboxylic acids is 2. The van der Waals surface area contributed by atoms with Crippen molar-refractivity contribution in [3.63, 3.8) is 0 Å². The first-order valence-electron chi connectivity index (χ1n) is 4.89. The molecule has 1 rings (SSSR count). The van der Waals surface area contributed by atoms with Crippen molar-refractivity contribution in [2.45, 2.75) is 0 Å². The van der Waals surface area contributed by atoms with E-state index in [-0.39, 0.29) is 13.2 Å². The summed E-state index contributed by atoms with van der Waals surface area (Å²) in [6.07, 6.45) is 0. The predicted molar refractivity (Wildman–Crippen MR) is 52.1 cm³/mol. The van der Waals surface area contributed by atoms with Crippen LogP contribution >= 0.6 is 0 Å². The number of ether oxygens (including phenoxy) is 1. The van der Waals surface area contributed by atoms with Crippen LogP contribution < -0.4 is 0 Å². The van der Waals surface area contributed by atoms with Gasteiger partial charge in [-0.15, -0.1) is 0 Å². The fourth-order valence-corrected chi connectivity index (χ4v) is 1.32. The summed E-state index contributed by atoms with van der Waals surface area (Å²) in [5, 5.41) is 8.64. The lowest BCUT2D eigenvalue weighted by Crippen LogP contribution is -2.48. The standard InChI is InChI=1S/C9H16N2O4/c1-10(2-5-12)8(13)9(14)11-3-6-15-7-4-11/h12H,2-7H2,1H3. The largest absolute Gasteiger partial charge is 0.395 e. The molecular weight excluding hydrogens is 200 g/mol. The third kappa shape index (κ3) is 3.17. The number of likely N-dealkylation sites (N-methyl/N-ethyl adjacent to an activating group) is 1. The maximum atomic E-state index is 11.6. The molecule has 1 saturated heterocycles. The van der Waals surface area contributed by atoms with E-state index in [0.29, 0.717) is 26.3 Å². The molecule has 0 aliphatic carbocycles. The molecule has 1 aliphatic heterocycles. The van der Waals surface area contributed by atoms with E-state index in [1.807, 2.05) is 0 Å². The zero-order chi connectivity index (χ0) is 11.3. The maximum Gasteiger partial charge on any atom is 0.312 e. The summed E-state index contributed by atoms with van der Waals surface area (Å²) >= 11 is 0. The van der Waals surface area contributed by atoms with Gasteiger partial charge in [0.05, 0.1) is 19.8 Å². The summed E-state index contributed by atoms with van der Waals surface area (Å²) < 4.78 is 5.08. The molecule has 0 atom stereocenters. The van der Waals surface area contributed by atoms with Gasteiger partial charge in [-0.2, -0.15) is 0 Å². The van der Waals surface area contributed by atoms with E-state index < -0.39 is 11.8 Å². The van der Waals surface area contributed by atoms with Gasteiger partial charge in [0.1, 0.15) is 0 Å². The Balaban J connectivity index is 2.47. The van der Waals surface area contributed by atoms with Crippen LogP contribution in [0.15, 0.2) is 0 Å². The van der Waals surface area contributed by atoms with Gasteiger partial charge in [-0.1, -0.05) is 0 Å². The summed E-state index contributed by atoms with van der Waals surface area (Å²) in [6.45, 7) is 1.90. The van der Waals surface area contributed by atoms with E-state index in [2.05, 4.69) is 0 Å². The maximum absolute atomic E-state index is 11.6. The molecule has 6 heteroatoms. The van der Waals surface area contributed by atoms with Crippen molar-refractivity contribution in [2.24, 2.45) is 0 Å². The molecule has 1 N–H and O–H groups in total. The SMILES string of the molecule is CN(CCO)C(=O)C(=O)N1CCOCC1. The van der Waals surface area contributed by atoms with Crippen molar-refractivity contribution in [3.05, 3.63) is 0 Å². The highest BCUT2D eigenvalue weighted by Gasteiger charge is 2.25. The zero-order valence-corrected chi connectivity index (χ0v) is 8.81. The van der Waals surface area contributed by atoms with Crippen LogP contribution in [0.2, 0.25) is 0 Å². The number of hydrogen-bond acceptors (Lipinski definition) is 4. The van der Waals surface area contributed by atoms with Gasteiger partial charge in [0.15, 0.2) is 0 Å². The number of aliphatic hydroxyl groups excluding tert-OH is 1. The Hall–Kier alpha value is -1.14. The first-order chi connectivity index (χ1) is 7.16. The molecule has 0 saturated carbocycles. The van der Waals surface area contributed by atoms with Gasteiger partial charge < -0.3 is 19.6 Å². The Bertz CT molecular complexity index is 238. The molecule has 0 spiro atoms. The van der Waals surface area contributed by atoms with Crippen molar-refractivity contribution in [1.29, 1.82) is 0 Å². The van der Waals surface area contributed by atoms with Gasteiger partial charge >= 0.3 is 11.8 Å². The molecule has 0 radical (unpaired) electrons. The van der Waals surface area contributed by atoms with Crippen molar-refractivity contribution >= 4 is 11.8 Å². The normalized spacial score (nSPS) is 16.3. The fourth-order valence-electron chi connectivity index (χ4n) is 1.32. The van der Waals surface area contributed by atoms with E-state index in [1.165, 1.54) is 16.8 Å². The van der Waals surface area contributed by atoms with Gasteiger partial charge in [-0.05, 0) is 0 Å². The summed E-state index contributed by atoms with van der Waals surface area (Å²) in [5.41, 5.74) is 0. The summed E-state index contributed by atoms with van der Waals surface area (Å²) in [5.74, 6) is -1.10. The highest BCUT2D eigenvalue weighted by molar-refractivity contribution is 6.34. The average molecular weight is 216 g/mol. The van der Waals surface area contributed by atoms with E-state index in [1.54, 1.807) is 0 Å². The second-order valence-electron chi connectivity index (χ2n) is 3.35. The Kier molecular flexibility index (Phi) is 4.51. The first kappa shape index (κ1) is 11.9. The van der Waals surface area contributed by atoms with Crippen LogP contribution in [0.25, 0.3) is 0 Å². The topological polar surface area (TPSA) is 70.1 Å². The lowest BCUT2D eigenvalue weighted by atomic mass is 10.3. The first-order valence-corrected chi connectivity index (χ1v) is 4.89. The average Bonchev–Trinajstić information content (AvgIpc) is 2.28. The van der Waals surface area contributed by atoms with Gasteiger partial charge in [-0.3, -0.25) is 9.59 Å². The molecule has 1 heterocycles. The molecule has 15 heavy (non-hydrogen) atoms. The fraction of sp³-hybridized carbons (Fsp3) is 0.778. The Morgan fingerprint density at radius 1 is 1.40 bits per heavy atom. The summed E-state index contributed by atoms with van der Waals surface area (Å²) in [4.78, 5) is 25.8. The summed E-state index contributed by atoms with van der Waals surface area (Å²) in [7, 11) is 1.50. The number of amides is 2. The quantitative estimate of drug-likeness (QED) is 0.558. The van der Waals surface area contributed by atoms with Crippen molar-refractivity contribution in [3.8, 4) is 0 Å². The molecular formula is C9H16N2O4. The smallest absolute Gasteiger partial charge is 0.312 e. The number of nitrogens with zero attached hydrogens (tertiary/aromatic N) is 2. The van der Waals surface area contributed by atoms with Crippen molar-refractivity contribution in [1.82, 2.24) is 9.80 Å². The minimum absolute atomic E-state index is 0.140. The van der Waals surface area contributed by atoms with Crippen LogP contribution in [0.4, 0.5) is 0 Å². The molecule has 2 amide bonds. The number of rotatable bonds is 2. The van der Waals surface area contributed by atoms with Crippen LogP contribution in [0.3, 0.4) is 0 Å². The minimum atomic E-state index is -0.578. The third-order valence-electron chi connectivity index (χ3n) is 2.26. The van der Waals surface area contributed by atoms with E-state index in [9.17, 15) is 9.59 Å².